The van der Waals surface area contributed by atoms with Crippen molar-refractivity contribution in [2.75, 3.05) is 4.90 Å². The number of fused-ring (bicyclic) bond motifs is 5. The minimum Gasteiger partial charge on any atom is -0.373 e. The molecule has 2 unspecified atom stereocenters. The summed E-state index contributed by atoms with van der Waals surface area (Å²) in [5.41, 5.74) is -2.05. The van der Waals surface area contributed by atoms with E-state index in [9.17, 15) is 23.1 Å². The van der Waals surface area contributed by atoms with Crippen LogP contribution in [0.2, 0.25) is 0 Å². The van der Waals surface area contributed by atoms with Crippen molar-refractivity contribution < 1.29 is 27.8 Å². The smallest absolute Gasteiger partial charge is 0.373 e. The summed E-state index contributed by atoms with van der Waals surface area (Å²) < 4.78 is 44.9. The van der Waals surface area contributed by atoms with Crippen LogP contribution in [0.25, 0.3) is 0 Å². The highest BCUT2D eigenvalue weighted by atomic mass is 19.4. The fourth-order valence-electron chi connectivity index (χ4n) is 4.77. The van der Waals surface area contributed by atoms with Crippen LogP contribution in [-0.2, 0) is 15.7 Å². The van der Waals surface area contributed by atoms with E-state index < -0.39 is 41.0 Å². The molecule has 4 rings (SSSR count). The average Bonchev–Trinajstić information content (AvgIpc) is 3.03. The zero-order valence-corrected chi connectivity index (χ0v) is 13.3. The third-order valence-corrected chi connectivity index (χ3v) is 5.85. The Balaban J connectivity index is 1.76. The van der Waals surface area contributed by atoms with Gasteiger partial charge in [0, 0.05) is 11.6 Å². The van der Waals surface area contributed by atoms with Crippen molar-refractivity contribution in [3.8, 4) is 0 Å². The first-order valence-corrected chi connectivity index (χ1v) is 7.95. The number of alkyl halides is 3. The first-order chi connectivity index (χ1) is 11.1. The van der Waals surface area contributed by atoms with Crippen molar-refractivity contribution in [2.45, 2.75) is 50.3 Å². The Morgan fingerprint density at radius 3 is 2.54 bits per heavy atom. The van der Waals surface area contributed by atoms with E-state index >= 15 is 0 Å². The van der Waals surface area contributed by atoms with E-state index in [4.69, 9.17) is 4.74 Å². The first kappa shape index (κ1) is 15.9. The zero-order valence-electron chi connectivity index (χ0n) is 13.3. The van der Waals surface area contributed by atoms with Gasteiger partial charge in [-0.2, -0.15) is 13.2 Å². The van der Waals surface area contributed by atoms with E-state index in [0.29, 0.717) is 6.42 Å². The maximum absolute atomic E-state index is 13.0. The number of carbonyl (C=O) groups excluding carboxylic acids is 1. The maximum Gasteiger partial charge on any atom is 0.416 e. The molecule has 0 saturated carbocycles. The van der Waals surface area contributed by atoms with Gasteiger partial charge in [0.1, 0.15) is 6.23 Å². The van der Waals surface area contributed by atoms with Crippen LogP contribution in [0.4, 0.5) is 18.9 Å². The van der Waals surface area contributed by atoms with Crippen molar-refractivity contribution >= 4 is 11.6 Å². The van der Waals surface area contributed by atoms with Crippen LogP contribution in [-0.4, -0.2) is 28.4 Å². The van der Waals surface area contributed by atoms with Crippen LogP contribution < -0.4 is 4.90 Å². The van der Waals surface area contributed by atoms with E-state index in [2.05, 4.69) is 0 Å². The van der Waals surface area contributed by atoms with Crippen LogP contribution in [0.3, 0.4) is 0 Å². The third kappa shape index (κ3) is 1.91. The molecule has 0 spiro atoms. The number of anilines is 1. The second-order valence-electron chi connectivity index (χ2n) is 7.40. The molecule has 3 heterocycles. The number of hydrogen-bond acceptors (Lipinski definition) is 3. The molecule has 1 aromatic carbocycles. The lowest BCUT2D eigenvalue weighted by Crippen LogP contribution is -2.43. The number of halogens is 3. The topological polar surface area (TPSA) is 49.8 Å². The Hall–Kier alpha value is -1.60. The van der Waals surface area contributed by atoms with Crippen molar-refractivity contribution in [1.82, 2.24) is 0 Å². The highest BCUT2D eigenvalue weighted by Gasteiger charge is 2.72. The SMILES string of the molecule is CC12CC[C@@](C)(O1)[C@H]1C(O)N(c3cccc(C(F)(F)F)c3)C(=O)[C@H]12. The number of nitrogens with zero attached hydrogens (tertiary/aromatic N) is 1. The van der Waals surface area contributed by atoms with Gasteiger partial charge in [0.25, 0.3) is 0 Å². The van der Waals surface area contributed by atoms with Gasteiger partial charge < -0.3 is 9.84 Å². The maximum atomic E-state index is 13.0. The van der Waals surface area contributed by atoms with Gasteiger partial charge in [0.05, 0.1) is 22.7 Å². The molecule has 1 aromatic rings. The molecule has 0 radical (unpaired) electrons. The van der Waals surface area contributed by atoms with Gasteiger partial charge in [0.15, 0.2) is 0 Å². The number of rotatable bonds is 1. The molecular weight excluding hydrogens is 323 g/mol. The Morgan fingerprint density at radius 2 is 1.92 bits per heavy atom. The number of hydrogen-bond donors (Lipinski definition) is 1. The second-order valence-corrected chi connectivity index (χ2v) is 7.40. The summed E-state index contributed by atoms with van der Waals surface area (Å²) in [5.74, 6) is -1.32. The summed E-state index contributed by atoms with van der Waals surface area (Å²) in [4.78, 5) is 14.0. The summed E-state index contributed by atoms with van der Waals surface area (Å²) in [6.07, 6.45) is -4.25. The van der Waals surface area contributed by atoms with E-state index in [1.807, 2.05) is 13.8 Å². The largest absolute Gasteiger partial charge is 0.416 e. The summed E-state index contributed by atoms with van der Waals surface area (Å²) in [6.45, 7) is 3.72. The van der Waals surface area contributed by atoms with Crippen LogP contribution >= 0.6 is 0 Å². The summed E-state index contributed by atoms with van der Waals surface area (Å²) in [6, 6.07) is 4.54. The van der Waals surface area contributed by atoms with E-state index in [1.54, 1.807) is 0 Å². The molecule has 0 aliphatic carbocycles. The fourth-order valence-corrected chi connectivity index (χ4v) is 4.77. The minimum atomic E-state index is -4.50. The molecule has 1 N–H and O–H groups in total. The first-order valence-electron chi connectivity index (χ1n) is 7.95. The number of carbonyl (C=O) groups is 1. The number of benzene rings is 1. The van der Waals surface area contributed by atoms with Crippen molar-refractivity contribution in [2.24, 2.45) is 11.8 Å². The van der Waals surface area contributed by atoms with Gasteiger partial charge in [-0.25, -0.2) is 0 Å². The minimum absolute atomic E-state index is 0.0725. The van der Waals surface area contributed by atoms with Crippen LogP contribution in [0.1, 0.15) is 32.3 Å². The summed E-state index contributed by atoms with van der Waals surface area (Å²) in [7, 11) is 0. The van der Waals surface area contributed by atoms with Crippen LogP contribution in [0.5, 0.6) is 0 Å². The fraction of sp³-hybridized carbons (Fsp3) is 0.588. The lowest BCUT2D eigenvalue weighted by atomic mass is 9.69. The average molecular weight is 341 g/mol. The Bertz CT molecular complexity index is 721. The Morgan fingerprint density at radius 1 is 1.25 bits per heavy atom. The van der Waals surface area contributed by atoms with Crippen molar-refractivity contribution in [3.63, 3.8) is 0 Å². The lowest BCUT2D eigenvalue weighted by molar-refractivity contribution is -0.137. The number of ether oxygens (including phenoxy) is 1. The van der Waals surface area contributed by atoms with Gasteiger partial charge in [-0.3, -0.25) is 9.69 Å². The molecule has 3 aliphatic rings. The van der Waals surface area contributed by atoms with E-state index in [-0.39, 0.29) is 11.6 Å². The van der Waals surface area contributed by atoms with Gasteiger partial charge in [-0.15, -0.1) is 0 Å². The monoisotopic (exact) mass is 341 g/mol. The molecule has 4 nitrogen and oxygen atoms in total. The third-order valence-electron chi connectivity index (χ3n) is 5.85. The Kier molecular flexibility index (Phi) is 2.99. The summed E-state index contributed by atoms with van der Waals surface area (Å²) >= 11 is 0. The van der Waals surface area contributed by atoms with Crippen molar-refractivity contribution in [1.29, 1.82) is 0 Å². The lowest BCUT2D eigenvalue weighted by Gasteiger charge is -2.32. The second kappa shape index (κ2) is 4.52. The molecule has 2 bridgehead atoms. The normalized spacial score (nSPS) is 41.2. The molecule has 130 valence electrons. The molecule has 24 heavy (non-hydrogen) atoms. The Labute approximate surface area is 137 Å². The van der Waals surface area contributed by atoms with Gasteiger partial charge >= 0.3 is 6.18 Å². The molecule has 5 atom stereocenters. The highest BCUT2D eigenvalue weighted by molar-refractivity contribution is 5.99. The quantitative estimate of drug-likeness (QED) is 0.854. The van der Waals surface area contributed by atoms with Crippen LogP contribution in [0, 0.1) is 11.8 Å². The molecule has 3 fully saturated rings. The number of aliphatic hydroxyl groups excluding tert-OH is 1. The molecule has 1 amide bonds. The molecule has 7 heteroatoms. The summed E-state index contributed by atoms with van der Waals surface area (Å²) in [5, 5.41) is 10.7. The number of aliphatic hydroxyl groups is 1. The highest BCUT2D eigenvalue weighted by Crippen LogP contribution is 2.62. The van der Waals surface area contributed by atoms with Crippen LogP contribution in [0.15, 0.2) is 24.3 Å². The van der Waals surface area contributed by atoms with Gasteiger partial charge in [0.2, 0.25) is 5.91 Å². The molecule has 3 aliphatic heterocycles. The zero-order chi connectivity index (χ0) is 17.5. The van der Waals surface area contributed by atoms with Gasteiger partial charge in [-0.1, -0.05) is 6.07 Å². The standard InChI is InChI=1S/C17H18F3NO3/c1-15-6-7-16(2,24-15)12-11(15)13(22)21(14(12)23)10-5-3-4-9(8-10)17(18,19)20/h3-5,8,11-13,22H,6-7H2,1-2H3/t11-,12+,13?,15-,16?/m1/s1. The molecular formula is C17H18F3NO3. The van der Waals surface area contributed by atoms with E-state index in [1.165, 1.54) is 12.1 Å². The van der Waals surface area contributed by atoms with Crippen molar-refractivity contribution in [3.05, 3.63) is 29.8 Å². The number of amides is 1. The molecule has 3 saturated heterocycles. The predicted molar refractivity (Wildman–Crippen MR) is 79.0 cm³/mol. The van der Waals surface area contributed by atoms with E-state index in [0.717, 1.165) is 23.5 Å². The molecule has 0 aromatic heterocycles. The predicted octanol–water partition coefficient (Wildman–Crippen LogP) is 2.94. The van der Waals surface area contributed by atoms with Gasteiger partial charge in [-0.05, 0) is 44.9 Å².